The van der Waals surface area contributed by atoms with Crippen molar-refractivity contribution in [2.24, 2.45) is 0 Å². The Kier molecular flexibility index (Phi) is 6.39. The molecule has 0 aliphatic heterocycles. The van der Waals surface area contributed by atoms with Crippen molar-refractivity contribution >= 4 is 16.7 Å². The Labute approximate surface area is 113 Å². The second kappa shape index (κ2) is 7.56. The van der Waals surface area contributed by atoms with Crippen LogP contribution in [0.2, 0.25) is 0 Å². The fourth-order valence-electron chi connectivity index (χ4n) is 1.72. The van der Waals surface area contributed by atoms with Crippen molar-refractivity contribution in [2.45, 2.75) is 51.8 Å². The summed E-state index contributed by atoms with van der Waals surface area (Å²) < 4.78 is 13.5. The van der Waals surface area contributed by atoms with Gasteiger partial charge in [-0.25, -0.2) is 4.98 Å². The number of rotatable bonds is 8. The van der Waals surface area contributed by atoms with Crippen LogP contribution in [0.5, 0.6) is 0 Å². The standard InChI is InChI=1S/C13H25N3OS/c1-5-6-8-14-13-15-11(2)10-16(13)9-7-12(3)18(4)17/h10,12H,5-9H2,1-4H3,(H,14,15). The Morgan fingerprint density at radius 3 is 2.89 bits per heavy atom. The van der Waals surface area contributed by atoms with Crippen LogP contribution in [-0.4, -0.2) is 31.8 Å². The summed E-state index contributed by atoms with van der Waals surface area (Å²) in [4.78, 5) is 4.48. The van der Waals surface area contributed by atoms with E-state index in [1.54, 1.807) is 6.26 Å². The highest BCUT2D eigenvalue weighted by Crippen LogP contribution is 2.11. The van der Waals surface area contributed by atoms with E-state index in [1.807, 2.05) is 13.8 Å². The van der Waals surface area contributed by atoms with Crippen LogP contribution in [0.15, 0.2) is 6.20 Å². The molecule has 0 aliphatic rings. The Bertz CT molecular complexity index is 390. The van der Waals surface area contributed by atoms with Gasteiger partial charge in [0.05, 0.1) is 5.69 Å². The number of imidazole rings is 1. The molecule has 5 heteroatoms. The average Bonchev–Trinajstić information content (AvgIpc) is 2.67. The minimum absolute atomic E-state index is 0.233. The largest absolute Gasteiger partial charge is 0.356 e. The molecule has 0 spiro atoms. The van der Waals surface area contributed by atoms with Crippen molar-refractivity contribution in [3.8, 4) is 0 Å². The molecular formula is C13H25N3OS. The number of aryl methyl sites for hydroxylation is 2. The van der Waals surface area contributed by atoms with Gasteiger partial charge in [-0.2, -0.15) is 0 Å². The van der Waals surface area contributed by atoms with Gasteiger partial charge < -0.3 is 9.88 Å². The van der Waals surface area contributed by atoms with Crippen LogP contribution in [0, 0.1) is 6.92 Å². The predicted molar refractivity (Wildman–Crippen MR) is 78.5 cm³/mol. The summed E-state index contributed by atoms with van der Waals surface area (Å²) in [6.45, 7) is 8.04. The zero-order valence-corrected chi connectivity index (χ0v) is 12.7. The molecule has 0 saturated heterocycles. The van der Waals surface area contributed by atoms with Crippen molar-refractivity contribution in [3.63, 3.8) is 0 Å². The van der Waals surface area contributed by atoms with Crippen LogP contribution >= 0.6 is 0 Å². The fraction of sp³-hybridized carbons (Fsp3) is 0.769. The van der Waals surface area contributed by atoms with Gasteiger partial charge in [-0.1, -0.05) is 20.3 Å². The van der Waals surface area contributed by atoms with Crippen molar-refractivity contribution in [2.75, 3.05) is 18.1 Å². The van der Waals surface area contributed by atoms with E-state index in [0.717, 1.165) is 37.6 Å². The van der Waals surface area contributed by atoms with E-state index < -0.39 is 10.8 Å². The van der Waals surface area contributed by atoms with E-state index in [9.17, 15) is 4.21 Å². The molecule has 1 aromatic rings. The summed E-state index contributed by atoms with van der Waals surface area (Å²) in [5, 5.41) is 3.60. The van der Waals surface area contributed by atoms with Gasteiger partial charge in [0.15, 0.2) is 0 Å². The molecule has 0 amide bonds. The van der Waals surface area contributed by atoms with Crippen LogP contribution in [-0.2, 0) is 17.3 Å². The molecule has 1 heterocycles. The summed E-state index contributed by atoms with van der Waals surface area (Å²) in [5.74, 6) is 0.940. The van der Waals surface area contributed by atoms with Crippen molar-refractivity contribution < 1.29 is 4.21 Å². The first-order chi connectivity index (χ1) is 8.54. The number of anilines is 1. The molecule has 1 N–H and O–H groups in total. The lowest BCUT2D eigenvalue weighted by atomic mass is 10.3. The molecule has 0 bridgehead atoms. The molecule has 4 nitrogen and oxygen atoms in total. The fourth-order valence-corrected chi connectivity index (χ4v) is 2.16. The van der Waals surface area contributed by atoms with Gasteiger partial charge in [0.1, 0.15) is 0 Å². The second-order valence-corrected chi connectivity index (χ2v) is 6.58. The Hall–Kier alpha value is -0.840. The summed E-state index contributed by atoms with van der Waals surface area (Å²) in [7, 11) is -0.745. The average molecular weight is 271 g/mol. The molecule has 1 aromatic heterocycles. The highest BCUT2D eigenvalue weighted by Gasteiger charge is 2.09. The maximum Gasteiger partial charge on any atom is 0.203 e. The van der Waals surface area contributed by atoms with Crippen molar-refractivity contribution in [3.05, 3.63) is 11.9 Å². The molecule has 0 fully saturated rings. The molecule has 0 aromatic carbocycles. The lowest BCUT2D eigenvalue weighted by molar-refractivity contribution is 0.621. The molecule has 1 rings (SSSR count). The smallest absolute Gasteiger partial charge is 0.203 e. The van der Waals surface area contributed by atoms with E-state index in [4.69, 9.17) is 0 Å². The minimum Gasteiger partial charge on any atom is -0.356 e. The summed E-state index contributed by atoms with van der Waals surface area (Å²) >= 11 is 0. The molecular weight excluding hydrogens is 246 g/mol. The van der Waals surface area contributed by atoms with Crippen LogP contribution in [0.25, 0.3) is 0 Å². The minimum atomic E-state index is -0.745. The van der Waals surface area contributed by atoms with Crippen molar-refractivity contribution in [1.29, 1.82) is 0 Å². The first-order valence-electron chi connectivity index (χ1n) is 6.64. The Morgan fingerprint density at radius 1 is 1.56 bits per heavy atom. The molecule has 0 saturated carbocycles. The van der Waals surface area contributed by atoms with Crippen LogP contribution < -0.4 is 5.32 Å². The SMILES string of the molecule is CCCCNc1nc(C)cn1CCC(C)S(C)=O. The predicted octanol–water partition coefficient (Wildman–Crippen LogP) is 2.56. The summed E-state index contributed by atoms with van der Waals surface area (Å²) in [6, 6.07) is 0. The Morgan fingerprint density at radius 2 is 2.28 bits per heavy atom. The van der Waals surface area contributed by atoms with Gasteiger partial charge in [0.25, 0.3) is 0 Å². The summed E-state index contributed by atoms with van der Waals surface area (Å²) in [5.41, 5.74) is 1.03. The zero-order valence-electron chi connectivity index (χ0n) is 11.9. The number of nitrogens with zero attached hydrogens (tertiary/aromatic N) is 2. The number of hydrogen-bond donors (Lipinski definition) is 1. The number of unbranched alkanes of at least 4 members (excludes halogenated alkanes) is 1. The topological polar surface area (TPSA) is 46.9 Å². The van der Waals surface area contributed by atoms with Gasteiger partial charge in [-0.05, 0) is 19.8 Å². The first kappa shape index (κ1) is 15.2. The quantitative estimate of drug-likeness (QED) is 0.739. The zero-order chi connectivity index (χ0) is 13.5. The van der Waals surface area contributed by atoms with E-state index in [1.165, 1.54) is 6.42 Å². The maximum atomic E-state index is 11.3. The molecule has 104 valence electrons. The highest BCUT2D eigenvalue weighted by atomic mass is 32.2. The van der Waals surface area contributed by atoms with Gasteiger partial charge in [0.2, 0.25) is 5.95 Å². The Balaban J connectivity index is 2.55. The monoisotopic (exact) mass is 271 g/mol. The van der Waals surface area contributed by atoms with E-state index in [2.05, 4.69) is 28.0 Å². The molecule has 0 radical (unpaired) electrons. The van der Waals surface area contributed by atoms with Gasteiger partial charge >= 0.3 is 0 Å². The third kappa shape index (κ3) is 4.80. The number of aromatic nitrogens is 2. The third-order valence-corrected chi connectivity index (χ3v) is 4.42. The molecule has 2 atom stereocenters. The van der Waals surface area contributed by atoms with Crippen LogP contribution in [0.1, 0.15) is 38.8 Å². The molecule has 0 aliphatic carbocycles. The van der Waals surface area contributed by atoms with Gasteiger partial charge in [0, 0.05) is 41.6 Å². The number of hydrogen-bond acceptors (Lipinski definition) is 3. The second-order valence-electron chi connectivity index (χ2n) is 4.78. The van der Waals surface area contributed by atoms with Crippen LogP contribution in [0.4, 0.5) is 5.95 Å². The van der Waals surface area contributed by atoms with Crippen molar-refractivity contribution in [1.82, 2.24) is 9.55 Å². The highest BCUT2D eigenvalue weighted by molar-refractivity contribution is 7.84. The van der Waals surface area contributed by atoms with Crippen LogP contribution in [0.3, 0.4) is 0 Å². The van der Waals surface area contributed by atoms with E-state index >= 15 is 0 Å². The van der Waals surface area contributed by atoms with Gasteiger partial charge in [-0.3, -0.25) is 4.21 Å². The molecule has 18 heavy (non-hydrogen) atoms. The molecule has 2 unspecified atom stereocenters. The maximum absolute atomic E-state index is 11.3. The van der Waals surface area contributed by atoms with E-state index in [-0.39, 0.29) is 5.25 Å². The number of nitrogens with one attached hydrogen (secondary N) is 1. The summed E-state index contributed by atoms with van der Waals surface area (Å²) in [6.07, 6.45) is 7.07. The third-order valence-electron chi connectivity index (χ3n) is 3.05. The van der Waals surface area contributed by atoms with E-state index in [0.29, 0.717) is 0 Å². The lowest BCUT2D eigenvalue weighted by Gasteiger charge is -2.12. The lowest BCUT2D eigenvalue weighted by Crippen LogP contribution is -2.14. The first-order valence-corrected chi connectivity index (χ1v) is 8.26. The normalized spacial score (nSPS) is 14.4. The van der Waals surface area contributed by atoms with Gasteiger partial charge in [-0.15, -0.1) is 0 Å².